The molecule has 1 fully saturated rings. The number of amides is 1. The van der Waals surface area contributed by atoms with Gasteiger partial charge < -0.3 is 10.4 Å². The maximum atomic E-state index is 12.7. The molecule has 0 bridgehead atoms. The van der Waals surface area contributed by atoms with E-state index in [0.717, 1.165) is 44.3 Å². The van der Waals surface area contributed by atoms with E-state index >= 15 is 0 Å². The lowest BCUT2D eigenvalue weighted by atomic mass is 10.1. The molecule has 0 spiro atoms. The van der Waals surface area contributed by atoms with Gasteiger partial charge in [0, 0.05) is 18.5 Å². The SMILES string of the molecule is O=C(NC(C(=O)O)C1CC1)c1ccc2c(=O)n3c(nc2c1)CCCCC3. The molecular formula is C19H21N3O4. The van der Waals surface area contributed by atoms with Gasteiger partial charge in [0.25, 0.3) is 11.5 Å². The van der Waals surface area contributed by atoms with Gasteiger partial charge in [0.05, 0.1) is 10.9 Å². The molecule has 1 aromatic carbocycles. The topological polar surface area (TPSA) is 101 Å². The summed E-state index contributed by atoms with van der Waals surface area (Å²) in [6.07, 6.45) is 5.44. The van der Waals surface area contributed by atoms with E-state index in [9.17, 15) is 19.5 Å². The summed E-state index contributed by atoms with van der Waals surface area (Å²) < 4.78 is 1.74. The number of fused-ring (bicyclic) bond motifs is 2. The maximum absolute atomic E-state index is 12.7. The highest BCUT2D eigenvalue weighted by molar-refractivity contribution is 5.99. The van der Waals surface area contributed by atoms with Gasteiger partial charge in [0.15, 0.2) is 0 Å². The van der Waals surface area contributed by atoms with Gasteiger partial charge in [0.2, 0.25) is 0 Å². The number of nitrogens with zero attached hydrogens (tertiary/aromatic N) is 2. The van der Waals surface area contributed by atoms with Crippen molar-refractivity contribution in [2.45, 2.75) is 51.1 Å². The summed E-state index contributed by atoms with van der Waals surface area (Å²) in [6.45, 7) is 0.682. The van der Waals surface area contributed by atoms with Crippen molar-refractivity contribution in [3.05, 3.63) is 39.9 Å². The molecule has 1 unspecified atom stereocenters. The molecule has 1 atom stereocenters. The van der Waals surface area contributed by atoms with E-state index in [-0.39, 0.29) is 11.5 Å². The Kier molecular flexibility index (Phi) is 4.22. The Bertz CT molecular complexity index is 946. The average molecular weight is 355 g/mol. The third-order valence-corrected chi connectivity index (χ3v) is 5.22. The van der Waals surface area contributed by atoms with Gasteiger partial charge in [-0.25, -0.2) is 9.78 Å². The molecule has 7 nitrogen and oxygen atoms in total. The zero-order valence-corrected chi connectivity index (χ0v) is 14.4. The first kappa shape index (κ1) is 16.8. The number of rotatable bonds is 4. The number of benzene rings is 1. The second kappa shape index (κ2) is 6.55. The highest BCUT2D eigenvalue weighted by atomic mass is 16.4. The van der Waals surface area contributed by atoms with Gasteiger partial charge in [-0.05, 0) is 49.8 Å². The smallest absolute Gasteiger partial charge is 0.326 e. The van der Waals surface area contributed by atoms with Crippen LogP contribution in [0.25, 0.3) is 10.9 Å². The molecule has 0 saturated heterocycles. The minimum atomic E-state index is -1.01. The molecule has 7 heteroatoms. The van der Waals surface area contributed by atoms with Crippen LogP contribution in [0.2, 0.25) is 0 Å². The van der Waals surface area contributed by atoms with E-state index in [4.69, 9.17) is 0 Å². The lowest BCUT2D eigenvalue weighted by Crippen LogP contribution is -2.42. The molecule has 1 aromatic heterocycles. The molecule has 1 saturated carbocycles. The molecule has 2 aromatic rings. The molecule has 2 N–H and O–H groups in total. The van der Waals surface area contributed by atoms with Gasteiger partial charge in [-0.15, -0.1) is 0 Å². The van der Waals surface area contributed by atoms with Crippen LogP contribution in [0.4, 0.5) is 0 Å². The number of carbonyl (C=O) groups excluding carboxylic acids is 1. The first-order chi connectivity index (χ1) is 12.5. The van der Waals surface area contributed by atoms with Crippen LogP contribution < -0.4 is 10.9 Å². The number of aromatic nitrogens is 2. The number of aliphatic carboxylic acids is 1. The Balaban J connectivity index is 1.67. The van der Waals surface area contributed by atoms with Crippen LogP contribution >= 0.6 is 0 Å². The highest BCUT2D eigenvalue weighted by Gasteiger charge is 2.37. The summed E-state index contributed by atoms with van der Waals surface area (Å²) >= 11 is 0. The second-order valence-corrected chi connectivity index (χ2v) is 7.15. The predicted molar refractivity (Wildman–Crippen MR) is 95.2 cm³/mol. The third kappa shape index (κ3) is 3.09. The normalized spacial score (nSPS) is 18.0. The predicted octanol–water partition coefficient (Wildman–Crippen LogP) is 1.72. The number of hydrogen-bond acceptors (Lipinski definition) is 4. The lowest BCUT2D eigenvalue weighted by molar-refractivity contribution is -0.139. The molecule has 1 amide bonds. The van der Waals surface area contributed by atoms with Gasteiger partial charge >= 0.3 is 5.97 Å². The van der Waals surface area contributed by atoms with Gasteiger partial charge in [-0.2, -0.15) is 0 Å². The number of nitrogens with one attached hydrogen (secondary N) is 1. The van der Waals surface area contributed by atoms with Crippen LogP contribution in [0.5, 0.6) is 0 Å². The van der Waals surface area contributed by atoms with Gasteiger partial charge in [-0.1, -0.05) is 6.42 Å². The van der Waals surface area contributed by atoms with Crippen molar-refractivity contribution in [1.82, 2.24) is 14.9 Å². The van der Waals surface area contributed by atoms with Crippen LogP contribution in [0.15, 0.2) is 23.0 Å². The summed E-state index contributed by atoms with van der Waals surface area (Å²) in [5.41, 5.74) is 0.754. The fourth-order valence-electron chi connectivity index (χ4n) is 3.59. The van der Waals surface area contributed by atoms with E-state index in [1.807, 2.05) is 0 Å². The van der Waals surface area contributed by atoms with Crippen LogP contribution in [0, 0.1) is 5.92 Å². The maximum Gasteiger partial charge on any atom is 0.326 e. The number of hydrogen-bond donors (Lipinski definition) is 2. The Morgan fingerprint density at radius 2 is 2.04 bits per heavy atom. The van der Waals surface area contributed by atoms with Crippen molar-refractivity contribution < 1.29 is 14.7 Å². The van der Waals surface area contributed by atoms with Crippen molar-refractivity contribution >= 4 is 22.8 Å². The van der Waals surface area contributed by atoms with E-state index in [2.05, 4.69) is 10.3 Å². The van der Waals surface area contributed by atoms with Crippen molar-refractivity contribution in [2.75, 3.05) is 0 Å². The standard InChI is InChI=1S/C19H21N3O4/c23-17(21-16(19(25)26)11-5-6-11)12-7-8-13-14(10-12)20-15-4-2-1-3-9-22(15)18(13)24/h7-8,10-11,16H,1-6,9H2,(H,21,23)(H,25,26). The monoisotopic (exact) mass is 355 g/mol. The largest absolute Gasteiger partial charge is 0.480 e. The van der Waals surface area contributed by atoms with Crippen LogP contribution in [0.3, 0.4) is 0 Å². The Morgan fingerprint density at radius 1 is 1.23 bits per heavy atom. The minimum Gasteiger partial charge on any atom is -0.480 e. The number of carbonyl (C=O) groups is 2. The molecule has 1 aliphatic carbocycles. The molecule has 1 aliphatic heterocycles. The van der Waals surface area contributed by atoms with Gasteiger partial charge in [-0.3, -0.25) is 14.2 Å². The Morgan fingerprint density at radius 3 is 2.77 bits per heavy atom. The van der Waals surface area contributed by atoms with E-state index < -0.39 is 17.9 Å². The van der Waals surface area contributed by atoms with Crippen molar-refractivity contribution in [2.24, 2.45) is 5.92 Å². The summed E-state index contributed by atoms with van der Waals surface area (Å²) in [5, 5.41) is 12.4. The number of aryl methyl sites for hydroxylation is 1. The Hall–Kier alpha value is -2.70. The molecule has 2 aliphatic rings. The highest BCUT2D eigenvalue weighted by Crippen LogP contribution is 2.33. The molecule has 4 rings (SSSR count). The third-order valence-electron chi connectivity index (χ3n) is 5.22. The fraction of sp³-hybridized carbons (Fsp3) is 0.474. The van der Waals surface area contributed by atoms with Crippen LogP contribution in [-0.4, -0.2) is 32.6 Å². The number of carboxylic acids is 1. The van der Waals surface area contributed by atoms with Crippen LogP contribution in [0.1, 0.15) is 48.3 Å². The zero-order chi connectivity index (χ0) is 18.3. The molecule has 136 valence electrons. The van der Waals surface area contributed by atoms with Crippen molar-refractivity contribution in [3.8, 4) is 0 Å². The molecule has 26 heavy (non-hydrogen) atoms. The molecule has 2 heterocycles. The zero-order valence-electron chi connectivity index (χ0n) is 14.4. The number of carboxylic acid groups (broad SMARTS) is 1. The summed E-state index contributed by atoms with van der Waals surface area (Å²) in [4.78, 5) is 41.1. The second-order valence-electron chi connectivity index (χ2n) is 7.15. The summed E-state index contributed by atoms with van der Waals surface area (Å²) in [7, 11) is 0. The van der Waals surface area contributed by atoms with E-state index in [1.165, 1.54) is 0 Å². The first-order valence-electron chi connectivity index (χ1n) is 9.12. The van der Waals surface area contributed by atoms with Crippen molar-refractivity contribution in [3.63, 3.8) is 0 Å². The Labute approximate surface area is 150 Å². The molecular weight excluding hydrogens is 334 g/mol. The van der Waals surface area contributed by atoms with Crippen molar-refractivity contribution in [1.29, 1.82) is 0 Å². The average Bonchev–Trinajstić information content (AvgIpc) is 3.46. The summed E-state index contributed by atoms with van der Waals surface area (Å²) in [6, 6.07) is 3.91. The summed E-state index contributed by atoms with van der Waals surface area (Å²) in [5.74, 6) is -0.680. The van der Waals surface area contributed by atoms with E-state index in [1.54, 1.807) is 22.8 Å². The molecule has 0 radical (unpaired) electrons. The first-order valence-corrected chi connectivity index (χ1v) is 9.12. The lowest BCUT2D eigenvalue weighted by Gasteiger charge is -2.14. The van der Waals surface area contributed by atoms with Crippen LogP contribution in [-0.2, 0) is 17.8 Å². The fourth-order valence-corrected chi connectivity index (χ4v) is 3.59. The quantitative estimate of drug-likeness (QED) is 0.869. The van der Waals surface area contributed by atoms with Gasteiger partial charge in [0.1, 0.15) is 11.9 Å². The van der Waals surface area contributed by atoms with E-state index in [0.29, 0.717) is 23.0 Å². The minimum absolute atomic E-state index is 0.00967.